The molecule has 1 saturated heterocycles. The van der Waals surface area contributed by atoms with Crippen LogP contribution >= 0.6 is 23.7 Å². The summed E-state index contributed by atoms with van der Waals surface area (Å²) in [5.74, 6) is 0.131. The number of thiophene rings is 1. The maximum Gasteiger partial charge on any atom is 0.264 e. The number of fused-ring (bicyclic) bond motifs is 1. The van der Waals surface area contributed by atoms with Gasteiger partial charge < -0.3 is 10.2 Å². The fraction of sp³-hybridized carbons (Fsp3) is 0.294. The minimum Gasteiger partial charge on any atom is -0.335 e. The Morgan fingerprint density at radius 3 is 2.62 bits per heavy atom. The summed E-state index contributed by atoms with van der Waals surface area (Å²) in [4.78, 5) is 16.5. The molecule has 0 atom stereocenters. The molecular weight excluding hydrogens is 344 g/mol. The van der Waals surface area contributed by atoms with Gasteiger partial charge in [-0.1, -0.05) is 18.2 Å². The third kappa shape index (κ3) is 2.92. The average Bonchev–Trinajstić information content (AvgIpc) is 3.17. The number of carbonyl (C=O) groups excluding carboxylic acids is 1. The van der Waals surface area contributed by atoms with Crippen LogP contribution < -0.4 is 5.32 Å². The molecule has 0 bridgehead atoms. The number of amides is 1. The zero-order chi connectivity index (χ0) is 15.8. The number of aryl methyl sites for hydroxylation is 1. The highest BCUT2D eigenvalue weighted by Gasteiger charge is 2.22. The molecule has 4 rings (SSSR count). The molecule has 1 aromatic carbocycles. The zero-order valence-corrected chi connectivity index (χ0v) is 15.0. The maximum absolute atomic E-state index is 12.7. The van der Waals surface area contributed by atoms with Gasteiger partial charge in [0.15, 0.2) is 0 Å². The first-order valence-electron chi connectivity index (χ1n) is 7.78. The van der Waals surface area contributed by atoms with Gasteiger partial charge in [-0.15, -0.1) is 23.7 Å². The van der Waals surface area contributed by atoms with Crippen LogP contribution in [0.1, 0.15) is 15.4 Å². The van der Waals surface area contributed by atoms with Gasteiger partial charge in [0.25, 0.3) is 5.91 Å². The summed E-state index contributed by atoms with van der Waals surface area (Å²) in [5.41, 5.74) is 1.98. The second-order valence-corrected chi connectivity index (χ2v) is 6.74. The lowest BCUT2D eigenvalue weighted by molar-refractivity contribution is 0.0741. The first-order valence-corrected chi connectivity index (χ1v) is 8.60. The highest BCUT2D eigenvalue weighted by atomic mass is 35.5. The van der Waals surface area contributed by atoms with Gasteiger partial charge in [-0.2, -0.15) is 5.10 Å². The Morgan fingerprint density at radius 2 is 1.92 bits per heavy atom. The number of rotatable bonds is 2. The van der Waals surface area contributed by atoms with Crippen molar-refractivity contribution in [3.8, 4) is 5.69 Å². The number of nitrogens with one attached hydrogen (secondary N) is 1. The Bertz CT molecular complexity index is 852. The summed E-state index contributed by atoms with van der Waals surface area (Å²) in [7, 11) is 0. The van der Waals surface area contributed by atoms with E-state index in [0.717, 1.165) is 52.7 Å². The van der Waals surface area contributed by atoms with Gasteiger partial charge in [-0.25, -0.2) is 4.68 Å². The second kappa shape index (κ2) is 6.93. The third-order valence-corrected chi connectivity index (χ3v) is 5.26. The van der Waals surface area contributed by atoms with Crippen molar-refractivity contribution >= 4 is 39.9 Å². The van der Waals surface area contributed by atoms with E-state index in [0.29, 0.717) is 0 Å². The number of hydrogen-bond acceptors (Lipinski definition) is 4. The van der Waals surface area contributed by atoms with Crippen LogP contribution in [0.5, 0.6) is 0 Å². The number of piperazine rings is 1. The summed E-state index contributed by atoms with van der Waals surface area (Å²) in [5, 5.41) is 8.97. The molecule has 0 spiro atoms. The van der Waals surface area contributed by atoms with Gasteiger partial charge in [-0.3, -0.25) is 4.79 Å². The van der Waals surface area contributed by atoms with Crippen LogP contribution in [0.15, 0.2) is 36.4 Å². The summed E-state index contributed by atoms with van der Waals surface area (Å²) >= 11 is 1.53. The third-order valence-electron chi connectivity index (χ3n) is 4.16. The average molecular weight is 363 g/mol. The van der Waals surface area contributed by atoms with E-state index in [-0.39, 0.29) is 18.3 Å². The standard InChI is InChI=1S/C17H18N4OS.ClH/c1-12-14-11-15(16(22)20-9-7-18-8-10-20)23-17(14)21(19-12)13-5-3-2-4-6-13;/h2-6,11,18H,7-10H2,1H3;1H. The molecule has 1 aliphatic heterocycles. The Hall–Kier alpha value is -1.89. The van der Waals surface area contributed by atoms with Crippen LogP contribution in [0.4, 0.5) is 0 Å². The van der Waals surface area contributed by atoms with Gasteiger partial charge >= 0.3 is 0 Å². The molecular formula is C17H19ClN4OS. The van der Waals surface area contributed by atoms with Crippen molar-refractivity contribution in [1.29, 1.82) is 0 Å². The van der Waals surface area contributed by atoms with E-state index in [1.165, 1.54) is 11.3 Å². The Labute approximate surface area is 150 Å². The largest absolute Gasteiger partial charge is 0.335 e. The van der Waals surface area contributed by atoms with Gasteiger partial charge in [0.05, 0.1) is 16.3 Å². The number of hydrogen-bond donors (Lipinski definition) is 1. The number of halogens is 1. The summed E-state index contributed by atoms with van der Waals surface area (Å²) in [6.07, 6.45) is 0. The molecule has 0 saturated carbocycles. The van der Waals surface area contributed by atoms with Crippen LogP contribution in [-0.4, -0.2) is 46.8 Å². The SMILES string of the molecule is Cc1nn(-c2ccccc2)c2sc(C(=O)N3CCNCC3)cc12.Cl. The summed E-state index contributed by atoms with van der Waals surface area (Å²) in [6.45, 7) is 5.28. The van der Waals surface area contributed by atoms with E-state index in [1.54, 1.807) is 0 Å². The van der Waals surface area contributed by atoms with E-state index in [2.05, 4.69) is 10.4 Å². The smallest absolute Gasteiger partial charge is 0.264 e. The molecule has 3 heterocycles. The van der Waals surface area contributed by atoms with Crippen LogP contribution in [0.25, 0.3) is 15.9 Å². The zero-order valence-electron chi connectivity index (χ0n) is 13.4. The molecule has 1 fully saturated rings. The lowest BCUT2D eigenvalue weighted by Gasteiger charge is -2.26. The van der Waals surface area contributed by atoms with Crippen LogP contribution in [-0.2, 0) is 0 Å². The molecule has 2 aromatic heterocycles. The number of aromatic nitrogens is 2. The van der Waals surface area contributed by atoms with Gasteiger partial charge in [0.2, 0.25) is 0 Å². The molecule has 1 aliphatic rings. The van der Waals surface area contributed by atoms with Gasteiger partial charge in [0, 0.05) is 31.6 Å². The summed E-state index contributed by atoms with van der Waals surface area (Å²) in [6, 6.07) is 12.0. The minimum atomic E-state index is 0. The number of nitrogens with zero attached hydrogens (tertiary/aromatic N) is 3. The molecule has 7 heteroatoms. The highest BCUT2D eigenvalue weighted by molar-refractivity contribution is 7.20. The van der Waals surface area contributed by atoms with E-state index in [4.69, 9.17) is 0 Å². The van der Waals surface area contributed by atoms with E-state index >= 15 is 0 Å². The quantitative estimate of drug-likeness (QED) is 0.762. The fourth-order valence-electron chi connectivity index (χ4n) is 2.92. The Kier molecular flexibility index (Phi) is 4.89. The van der Waals surface area contributed by atoms with Gasteiger partial charge in [0.1, 0.15) is 4.83 Å². The van der Waals surface area contributed by atoms with E-state index in [1.807, 2.05) is 52.9 Å². The number of carbonyl (C=O) groups is 1. The molecule has 0 unspecified atom stereocenters. The molecule has 0 aliphatic carbocycles. The van der Waals surface area contributed by atoms with Crippen molar-refractivity contribution in [2.45, 2.75) is 6.92 Å². The second-order valence-electron chi connectivity index (χ2n) is 5.70. The summed E-state index contributed by atoms with van der Waals surface area (Å²) < 4.78 is 1.93. The molecule has 5 nitrogen and oxygen atoms in total. The highest BCUT2D eigenvalue weighted by Crippen LogP contribution is 2.31. The first kappa shape index (κ1) is 17.0. The van der Waals surface area contributed by atoms with Crippen LogP contribution in [0, 0.1) is 6.92 Å². The fourth-order valence-corrected chi connectivity index (χ4v) is 4.07. The van der Waals surface area contributed by atoms with Gasteiger partial charge in [-0.05, 0) is 25.1 Å². The maximum atomic E-state index is 12.7. The molecule has 24 heavy (non-hydrogen) atoms. The lowest BCUT2D eigenvalue weighted by atomic mass is 10.2. The van der Waals surface area contributed by atoms with Crippen molar-refractivity contribution in [1.82, 2.24) is 20.0 Å². The van der Waals surface area contributed by atoms with Crippen LogP contribution in [0.2, 0.25) is 0 Å². The van der Waals surface area contributed by atoms with Crippen molar-refractivity contribution in [2.75, 3.05) is 26.2 Å². The van der Waals surface area contributed by atoms with Crippen LogP contribution in [0.3, 0.4) is 0 Å². The Balaban J connectivity index is 0.00000169. The Morgan fingerprint density at radius 1 is 1.21 bits per heavy atom. The normalized spacial score (nSPS) is 14.6. The molecule has 126 valence electrons. The molecule has 1 N–H and O–H groups in total. The molecule has 0 radical (unpaired) electrons. The monoisotopic (exact) mass is 362 g/mol. The minimum absolute atomic E-state index is 0. The van der Waals surface area contributed by atoms with Crippen molar-refractivity contribution in [3.05, 3.63) is 47.0 Å². The molecule has 1 amide bonds. The van der Waals surface area contributed by atoms with Crippen molar-refractivity contribution in [2.24, 2.45) is 0 Å². The van der Waals surface area contributed by atoms with E-state index < -0.39 is 0 Å². The predicted molar refractivity (Wildman–Crippen MR) is 99.7 cm³/mol. The first-order chi connectivity index (χ1) is 11.2. The van der Waals surface area contributed by atoms with E-state index in [9.17, 15) is 4.79 Å². The molecule has 3 aromatic rings. The van der Waals surface area contributed by atoms with Crippen molar-refractivity contribution in [3.63, 3.8) is 0 Å². The lowest BCUT2D eigenvalue weighted by Crippen LogP contribution is -2.46. The number of para-hydroxylation sites is 1. The number of benzene rings is 1. The van der Waals surface area contributed by atoms with Crippen molar-refractivity contribution < 1.29 is 4.79 Å². The topological polar surface area (TPSA) is 50.2 Å². The predicted octanol–water partition coefficient (Wildman–Crippen LogP) is 2.86.